The fraction of sp³-hybridized carbons (Fsp3) is 0.857. The molecule has 2 atom stereocenters. The van der Waals surface area contributed by atoms with E-state index in [-0.39, 0.29) is 23.5 Å². The number of likely N-dealkylation sites (tertiary alicyclic amines) is 2. The Hall–Kier alpha value is -1.30. The van der Waals surface area contributed by atoms with Crippen LogP contribution in [0.1, 0.15) is 26.7 Å². The number of carboxylic acids is 1. The summed E-state index contributed by atoms with van der Waals surface area (Å²) in [6.07, 6.45) is 1.91. The number of carbonyl (C=O) groups excluding carboxylic acids is 1. The van der Waals surface area contributed by atoms with Gasteiger partial charge in [0.1, 0.15) is 0 Å². The van der Waals surface area contributed by atoms with Crippen molar-refractivity contribution in [1.29, 1.82) is 0 Å². The lowest BCUT2D eigenvalue weighted by Crippen LogP contribution is -2.60. The maximum absolute atomic E-state index is 12.4. The van der Waals surface area contributed by atoms with E-state index in [2.05, 4.69) is 0 Å². The van der Waals surface area contributed by atoms with Crippen molar-refractivity contribution in [3.8, 4) is 0 Å². The molecule has 0 aliphatic carbocycles. The van der Waals surface area contributed by atoms with Crippen LogP contribution in [-0.4, -0.2) is 65.8 Å². The summed E-state index contributed by atoms with van der Waals surface area (Å²) in [6, 6.07) is 0.0156. The van der Waals surface area contributed by atoms with Crippen LogP contribution in [-0.2, 0) is 9.53 Å². The summed E-state index contributed by atoms with van der Waals surface area (Å²) in [5.74, 6) is -1.09. The Morgan fingerprint density at radius 1 is 1.35 bits per heavy atom. The number of amides is 2. The van der Waals surface area contributed by atoms with Crippen LogP contribution in [0.3, 0.4) is 0 Å². The smallest absolute Gasteiger partial charge is 0.320 e. The van der Waals surface area contributed by atoms with E-state index in [0.717, 1.165) is 19.4 Å². The fourth-order valence-electron chi connectivity index (χ4n) is 2.92. The van der Waals surface area contributed by atoms with E-state index in [1.165, 1.54) is 0 Å². The van der Waals surface area contributed by atoms with Gasteiger partial charge in [-0.25, -0.2) is 4.79 Å². The van der Waals surface area contributed by atoms with Crippen molar-refractivity contribution in [2.24, 2.45) is 11.8 Å². The zero-order valence-corrected chi connectivity index (χ0v) is 12.5. The molecule has 2 amide bonds. The molecule has 1 N–H and O–H groups in total. The molecule has 2 heterocycles. The lowest BCUT2D eigenvalue weighted by molar-refractivity contribution is -0.145. The monoisotopic (exact) mass is 284 g/mol. The molecule has 2 fully saturated rings. The Morgan fingerprint density at radius 2 is 2.00 bits per heavy atom. The summed E-state index contributed by atoms with van der Waals surface area (Å²) in [4.78, 5) is 26.8. The summed E-state index contributed by atoms with van der Waals surface area (Å²) < 4.78 is 5.49. The number of methoxy groups -OCH3 is 1. The predicted molar refractivity (Wildman–Crippen MR) is 73.5 cm³/mol. The van der Waals surface area contributed by atoms with Crippen LogP contribution in [0, 0.1) is 11.8 Å². The first-order valence-electron chi connectivity index (χ1n) is 7.18. The zero-order chi connectivity index (χ0) is 14.9. The molecule has 0 aromatic carbocycles. The van der Waals surface area contributed by atoms with Crippen molar-refractivity contribution in [1.82, 2.24) is 9.80 Å². The number of carbonyl (C=O) groups is 2. The number of piperidine rings is 1. The summed E-state index contributed by atoms with van der Waals surface area (Å²) in [7, 11) is 1.68. The van der Waals surface area contributed by atoms with E-state index in [0.29, 0.717) is 19.6 Å². The maximum atomic E-state index is 12.4. The van der Waals surface area contributed by atoms with Gasteiger partial charge in [0.2, 0.25) is 0 Å². The molecule has 6 nitrogen and oxygen atoms in total. The normalized spacial score (nSPS) is 28.9. The van der Waals surface area contributed by atoms with Crippen molar-refractivity contribution in [2.75, 3.05) is 33.3 Å². The third-order valence-corrected chi connectivity index (χ3v) is 4.70. The number of carboxylic acid groups (broad SMARTS) is 1. The summed E-state index contributed by atoms with van der Waals surface area (Å²) in [5.41, 5.74) is -0.257. The third kappa shape index (κ3) is 2.90. The minimum atomic E-state index is -0.785. The van der Waals surface area contributed by atoms with E-state index in [9.17, 15) is 9.59 Å². The van der Waals surface area contributed by atoms with E-state index < -0.39 is 5.97 Å². The second-order valence-corrected chi connectivity index (χ2v) is 6.25. The number of ether oxygens (including phenoxy) is 1. The second-order valence-electron chi connectivity index (χ2n) is 6.25. The first kappa shape index (κ1) is 15.1. The Balaban J connectivity index is 1.86. The van der Waals surface area contributed by atoms with E-state index >= 15 is 0 Å². The van der Waals surface area contributed by atoms with E-state index in [4.69, 9.17) is 9.84 Å². The Morgan fingerprint density at radius 3 is 2.55 bits per heavy atom. The molecule has 2 unspecified atom stereocenters. The van der Waals surface area contributed by atoms with Gasteiger partial charge in [0.15, 0.2) is 0 Å². The molecule has 0 radical (unpaired) electrons. The van der Waals surface area contributed by atoms with Gasteiger partial charge in [-0.1, -0.05) is 6.92 Å². The lowest BCUT2D eigenvalue weighted by atomic mass is 9.87. The molecule has 0 spiro atoms. The molecule has 2 aliphatic heterocycles. The summed E-state index contributed by atoms with van der Waals surface area (Å²) in [6.45, 7) is 6.19. The molecule has 2 aliphatic rings. The Labute approximate surface area is 119 Å². The van der Waals surface area contributed by atoms with Crippen LogP contribution in [0.25, 0.3) is 0 Å². The van der Waals surface area contributed by atoms with Crippen LogP contribution >= 0.6 is 0 Å². The minimum absolute atomic E-state index is 0.0156. The molecule has 20 heavy (non-hydrogen) atoms. The second kappa shape index (κ2) is 5.60. The highest BCUT2D eigenvalue weighted by Crippen LogP contribution is 2.28. The Bertz CT molecular complexity index is 395. The van der Waals surface area contributed by atoms with Crippen LogP contribution in [0.4, 0.5) is 4.79 Å². The molecule has 0 aromatic heterocycles. The van der Waals surface area contributed by atoms with Crippen molar-refractivity contribution < 1.29 is 19.4 Å². The van der Waals surface area contributed by atoms with Gasteiger partial charge in [0.25, 0.3) is 0 Å². The highest BCUT2D eigenvalue weighted by molar-refractivity contribution is 5.76. The van der Waals surface area contributed by atoms with Crippen molar-refractivity contribution in [2.45, 2.75) is 32.3 Å². The van der Waals surface area contributed by atoms with Gasteiger partial charge in [0, 0.05) is 32.7 Å². The van der Waals surface area contributed by atoms with Crippen LogP contribution < -0.4 is 0 Å². The summed E-state index contributed by atoms with van der Waals surface area (Å²) in [5, 5.41) is 8.96. The minimum Gasteiger partial charge on any atom is -0.481 e. The van der Waals surface area contributed by atoms with Gasteiger partial charge >= 0.3 is 12.0 Å². The topological polar surface area (TPSA) is 70.1 Å². The standard InChI is InChI=1S/C14H24N2O4/c1-10(12(17)18)11-7-16(8-11)13(19)15-6-4-5-14(2,9-15)20-3/h10-11H,4-9H2,1-3H3,(H,17,18). The van der Waals surface area contributed by atoms with Gasteiger partial charge in [0.05, 0.1) is 18.1 Å². The Kier molecular flexibility index (Phi) is 4.22. The molecule has 6 heteroatoms. The van der Waals surface area contributed by atoms with Crippen LogP contribution in [0.5, 0.6) is 0 Å². The highest BCUT2D eigenvalue weighted by atomic mass is 16.5. The molecule has 0 saturated carbocycles. The quantitative estimate of drug-likeness (QED) is 0.847. The highest BCUT2D eigenvalue weighted by Gasteiger charge is 2.41. The molecule has 2 rings (SSSR count). The first-order chi connectivity index (χ1) is 9.36. The number of rotatable bonds is 3. The third-order valence-electron chi connectivity index (χ3n) is 4.70. The predicted octanol–water partition coefficient (Wildman–Crippen LogP) is 1.26. The van der Waals surface area contributed by atoms with E-state index in [1.807, 2.05) is 11.8 Å². The van der Waals surface area contributed by atoms with Gasteiger partial charge in [-0.3, -0.25) is 4.79 Å². The molecule has 2 saturated heterocycles. The van der Waals surface area contributed by atoms with Crippen molar-refractivity contribution >= 4 is 12.0 Å². The molecular weight excluding hydrogens is 260 g/mol. The van der Waals surface area contributed by atoms with Crippen LogP contribution in [0.15, 0.2) is 0 Å². The lowest BCUT2D eigenvalue weighted by Gasteiger charge is -2.46. The fourth-order valence-corrected chi connectivity index (χ4v) is 2.92. The number of aliphatic carboxylic acids is 1. The van der Waals surface area contributed by atoms with Gasteiger partial charge < -0.3 is 19.6 Å². The van der Waals surface area contributed by atoms with Crippen LogP contribution in [0.2, 0.25) is 0 Å². The number of hydrogen-bond donors (Lipinski definition) is 1. The van der Waals surface area contributed by atoms with E-state index in [1.54, 1.807) is 18.9 Å². The largest absolute Gasteiger partial charge is 0.481 e. The SMILES string of the molecule is COC1(C)CCCN(C(=O)N2CC(C(C)C(=O)O)C2)C1. The van der Waals surface area contributed by atoms with Gasteiger partial charge in [-0.05, 0) is 19.8 Å². The zero-order valence-electron chi connectivity index (χ0n) is 12.5. The molecule has 114 valence electrons. The van der Waals surface area contributed by atoms with Gasteiger partial charge in [-0.2, -0.15) is 0 Å². The number of nitrogens with zero attached hydrogens (tertiary/aromatic N) is 2. The molecular formula is C14H24N2O4. The van der Waals surface area contributed by atoms with Gasteiger partial charge in [-0.15, -0.1) is 0 Å². The number of hydrogen-bond acceptors (Lipinski definition) is 3. The number of urea groups is 1. The van der Waals surface area contributed by atoms with Crippen molar-refractivity contribution in [3.63, 3.8) is 0 Å². The maximum Gasteiger partial charge on any atom is 0.320 e. The summed E-state index contributed by atoms with van der Waals surface area (Å²) >= 11 is 0. The molecule has 0 bridgehead atoms. The molecule has 0 aromatic rings. The van der Waals surface area contributed by atoms with Crippen molar-refractivity contribution in [3.05, 3.63) is 0 Å². The first-order valence-corrected chi connectivity index (χ1v) is 7.18. The average molecular weight is 284 g/mol. The average Bonchev–Trinajstić information content (AvgIpc) is 2.36.